The minimum Gasteiger partial charge on any atom is -0.508 e. The first-order valence-corrected chi connectivity index (χ1v) is 10.8. The molecule has 6 heteroatoms. The number of benzene rings is 2. The Labute approximate surface area is 188 Å². The number of fused-ring (bicyclic) bond motifs is 1. The second kappa shape index (κ2) is 8.34. The van der Waals surface area contributed by atoms with Gasteiger partial charge in [-0.15, -0.1) is 0 Å². The molecule has 6 nitrogen and oxygen atoms in total. The molecule has 3 N–H and O–H groups in total. The van der Waals surface area contributed by atoms with Crippen molar-refractivity contribution in [3.63, 3.8) is 0 Å². The summed E-state index contributed by atoms with van der Waals surface area (Å²) in [5, 5.41) is 13.9. The van der Waals surface area contributed by atoms with E-state index in [-0.39, 0.29) is 27.6 Å². The van der Waals surface area contributed by atoms with Gasteiger partial charge in [0.1, 0.15) is 17.1 Å². The molecule has 0 aliphatic carbocycles. The quantitative estimate of drug-likeness (QED) is 0.505. The molecular weight excluding hydrogens is 404 g/mol. The molecule has 0 unspecified atom stereocenters. The molecule has 0 fully saturated rings. The normalized spacial score (nSPS) is 12.1. The third kappa shape index (κ3) is 4.49. The summed E-state index contributed by atoms with van der Waals surface area (Å²) in [5.41, 5.74) is 1.76. The molecule has 0 spiro atoms. The standard InChI is InChI=1S/C26H32N2O4/c1-8-32-21-11-9-10-15-22(21)27-14-16(23(15)30)24(31)28-19-13-20(29)18(26(5,6)7)12-17(19)25(2,3)4/h9-14,29H,8H2,1-7H3,(H,27,30)(H,28,31). The number of hydrogen-bond donors (Lipinski definition) is 3. The minimum absolute atomic E-state index is 0.00889. The van der Waals surface area contributed by atoms with Gasteiger partial charge in [0.15, 0.2) is 0 Å². The number of phenolic OH excluding ortho intramolecular Hbond substituents is 1. The number of anilines is 1. The zero-order valence-corrected chi connectivity index (χ0v) is 19.8. The van der Waals surface area contributed by atoms with Crippen LogP contribution in [0.3, 0.4) is 0 Å². The third-order valence-electron chi connectivity index (χ3n) is 5.42. The Morgan fingerprint density at radius 3 is 2.31 bits per heavy atom. The number of aromatic hydroxyl groups is 1. The van der Waals surface area contributed by atoms with Gasteiger partial charge in [-0.3, -0.25) is 9.59 Å². The highest BCUT2D eigenvalue weighted by Gasteiger charge is 2.26. The van der Waals surface area contributed by atoms with Gasteiger partial charge in [0, 0.05) is 18.0 Å². The van der Waals surface area contributed by atoms with E-state index in [1.54, 1.807) is 24.3 Å². The maximum atomic E-state index is 13.1. The van der Waals surface area contributed by atoms with Crippen molar-refractivity contribution >= 4 is 22.5 Å². The first kappa shape index (κ1) is 23.4. The number of H-pyrrole nitrogens is 1. The van der Waals surface area contributed by atoms with E-state index < -0.39 is 5.91 Å². The maximum absolute atomic E-state index is 13.1. The summed E-state index contributed by atoms with van der Waals surface area (Å²) in [7, 11) is 0. The molecule has 1 aromatic heterocycles. The summed E-state index contributed by atoms with van der Waals surface area (Å²) < 4.78 is 5.58. The van der Waals surface area contributed by atoms with Crippen LogP contribution in [0.5, 0.6) is 11.5 Å². The van der Waals surface area contributed by atoms with Crippen LogP contribution in [-0.2, 0) is 10.8 Å². The van der Waals surface area contributed by atoms with Crippen LogP contribution in [-0.4, -0.2) is 22.6 Å². The number of para-hydroxylation sites is 1. The van der Waals surface area contributed by atoms with E-state index in [0.29, 0.717) is 28.9 Å². The van der Waals surface area contributed by atoms with Crippen molar-refractivity contribution in [2.24, 2.45) is 0 Å². The van der Waals surface area contributed by atoms with Gasteiger partial charge in [-0.2, -0.15) is 0 Å². The number of ether oxygens (including phenoxy) is 1. The molecule has 0 radical (unpaired) electrons. The molecule has 170 valence electrons. The van der Waals surface area contributed by atoms with Crippen molar-refractivity contribution in [2.45, 2.75) is 59.3 Å². The Balaban J connectivity index is 2.07. The summed E-state index contributed by atoms with van der Waals surface area (Å²) in [4.78, 5) is 29.2. The van der Waals surface area contributed by atoms with Crippen molar-refractivity contribution < 1.29 is 14.6 Å². The van der Waals surface area contributed by atoms with Gasteiger partial charge in [-0.05, 0) is 47.1 Å². The zero-order chi connectivity index (χ0) is 23.8. The second-order valence-electron chi connectivity index (χ2n) is 10.0. The van der Waals surface area contributed by atoms with Crippen LogP contribution in [0.25, 0.3) is 10.9 Å². The van der Waals surface area contributed by atoms with Gasteiger partial charge in [0.05, 0.1) is 17.5 Å². The monoisotopic (exact) mass is 436 g/mol. The molecule has 3 rings (SSSR count). The number of carbonyl (C=O) groups excluding carboxylic acids is 1. The lowest BCUT2D eigenvalue weighted by Gasteiger charge is -2.28. The fraction of sp³-hybridized carbons (Fsp3) is 0.385. The smallest absolute Gasteiger partial charge is 0.261 e. The third-order valence-corrected chi connectivity index (χ3v) is 5.42. The Kier molecular flexibility index (Phi) is 6.09. The molecule has 2 aromatic carbocycles. The SMILES string of the molecule is CCOc1cccc2c(=O)c(C(=O)Nc3cc(O)c(C(C)(C)C)cc3C(C)(C)C)c[nH]c12. The van der Waals surface area contributed by atoms with E-state index in [4.69, 9.17) is 4.74 Å². The summed E-state index contributed by atoms with van der Waals surface area (Å²) in [6.07, 6.45) is 1.41. The minimum atomic E-state index is -0.539. The molecule has 1 heterocycles. The number of amides is 1. The topological polar surface area (TPSA) is 91.4 Å². The van der Waals surface area contributed by atoms with Crippen molar-refractivity contribution in [1.82, 2.24) is 4.98 Å². The lowest BCUT2D eigenvalue weighted by molar-refractivity contribution is 0.102. The van der Waals surface area contributed by atoms with E-state index >= 15 is 0 Å². The van der Waals surface area contributed by atoms with Crippen molar-refractivity contribution in [1.29, 1.82) is 0 Å². The van der Waals surface area contributed by atoms with Crippen LogP contribution in [0, 0.1) is 0 Å². The fourth-order valence-corrected chi connectivity index (χ4v) is 3.77. The molecule has 0 aliphatic heterocycles. The van der Waals surface area contributed by atoms with E-state index in [0.717, 1.165) is 11.1 Å². The van der Waals surface area contributed by atoms with Crippen LogP contribution in [0.15, 0.2) is 41.3 Å². The number of nitrogens with one attached hydrogen (secondary N) is 2. The first-order valence-electron chi connectivity index (χ1n) is 10.8. The molecular formula is C26H32N2O4. The molecule has 0 aliphatic rings. The predicted octanol–water partition coefficient (Wildman–Crippen LogP) is 5.48. The van der Waals surface area contributed by atoms with Crippen LogP contribution < -0.4 is 15.5 Å². The highest BCUT2D eigenvalue weighted by atomic mass is 16.5. The Hall–Kier alpha value is -3.28. The van der Waals surface area contributed by atoms with Crippen LogP contribution >= 0.6 is 0 Å². The molecule has 1 amide bonds. The van der Waals surface area contributed by atoms with Gasteiger partial charge in [0.2, 0.25) is 5.43 Å². The van der Waals surface area contributed by atoms with Gasteiger partial charge >= 0.3 is 0 Å². The lowest BCUT2D eigenvalue weighted by atomic mass is 9.79. The molecule has 0 bridgehead atoms. The van der Waals surface area contributed by atoms with Crippen molar-refractivity contribution in [3.05, 3.63) is 63.4 Å². The molecule has 0 saturated carbocycles. The van der Waals surface area contributed by atoms with Crippen LogP contribution in [0.2, 0.25) is 0 Å². The summed E-state index contributed by atoms with van der Waals surface area (Å²) >= 11 is 0. The Morgan fingerprint density at radius 2 is 1.72 bits per heavy atom. The van der Waals surface area contributed by atoms with E-state index in [1.807, 2.05) is 54.5 Å². The van der Waals surface area contributed by atoms with Crippen LogP contribution in [0.1, 0.15) is 70.0 Å². The molecule has 0 atom stereocenters. The van der Waals surface area contributed by atoms with Gasteiger partial charge in [-0.1, -0.05) is 47.6 Å². The zero-order valence-electron chi connectivity index (χ0n) is 19.8. The Morgan fingerprint density at radius 1 is 1.06 bits per heavy atom. The maximum Gasteiger partial charge on any atom is 0.261 e. The van der Waals surface area contributed by atoms with E-state index in [9.17, 15) is 14.7 Å². The highest BCUT2D eigenvalue weighted by Crippen LogP contribution is 2.39. The average Bonchev–Trinajstić information content (AvgIpc) is 2.67. The van der Waals surface area contributed by atoms with E-state index in [2.05, 4.69) is 10.3 Å². The van der Waals surface area contributed by atoms with Crippen molar-refractivity contribution in [3.8, 4) is 11.5 Å². The first-order chi connectivity index (χ1) is 14.8. The van der Waals surface area contributed by atoms with Gasteiger partial charge in [-0.25, -0.2) is 0 Å². The summed E-state index contributed by atoms with van der Waals surface area (Å²) in [6.45, 7) is 14.5. The Bertz CT molecular complexity index is 1230. The van der Waals surface area contributed by atoms with Gasteiger partial charge in [0.25, 0.3) is 5.91 Å². The second-order valence-corrected chi connectivity index (χ2v) is 10.0. The summed E-state index contributed by atoms with van der Waals surface area (Å²) in [6, 6.07) is 8.67. The number of rotatable bonds is 4. The molecule has 3 aromatic rings. The molecule has 32 heavy (non-hydrogen) atoms. The average molecular weight is 437 g/mol. The summed E-state index contributed by atoms with van der Waals surface area (Å²) in [5.74, 6) is 0.129. The number of carbonyl (C=O) groups is 1. The van der Waals surface area contributed by atoms with Crippen LogP contribution in [0.4, 0.5) is 5.69 Å². The number of aromatic amines is 1. The van der Waals surface area contributed by atoms with Gasteiger partial charge < -0.3 is 20.1 Å². The number of phenols is 1. The highest BCUT2D eigenvalue weighted by molar-refractivity contribution is 6.06. The predicted molar refractivity (Wildman–Crippen MR) is 129 cm³/mol. The number of aromatic nitrogens is 1. The molecule has 0 saturated heterocycles. The number of pyridine rings is 1. The fourth-order valence-electron chi connectivity index (χ4n) is 3.77. The lowest BCUT2D eigenvalue weighted by Crippen LogP contribution is -2.25. The largest absolute Gasteiger partial charge is 0.508 e. The number of hydrogen-bond acceptors (Lipinski definition) is 4. The van der Waals surface area contributed by atoms with Crippen molar-refractivity contribution in [2.75, 3.05) is 11.9 Å². The van der Waals surface area contributed by atoms with E-state index in [1.165, 1.54) is 6.20 Å².